The molecule has 0 fully saturated rings. The Kier molecular flexibility index (Phi) is 5.94. The Morgan fingerprint density at radius 1 is 1.19 bits per heavy atom. The van der Waals surface area contributed by atoms with E-state index in [0.29, 0.717) is 6.42 Å². The summed E-state index contributed by atoms with van der Waals surface area (Å²) in [6, 6.07) is 9.47. The third kappa shape index (κ3) is 5.98. The topological polar surface area (TPSA) is 46.6 Å². The first-order valence-electron chi connectivity index (χ1n) is 7.21. The molecule has 0 spiro atoms. The number of carbonyl (C=O) groups is 2. The van der Waals surface area contributed by atoms with Crippen LogP contribution in [0.1, 0.15) is 39.7 Å². The molecule has 1 aromatic rings. The van der Waals surface area contributed by atoms with E-state index in [2.05, 4.69) is 0 Å². The van der Waals surface area contributed by atoms with E-state index in [4.69, 9.17) is 4.74 Å². The van der Waals surface area contributed by atoms with E-state index in [0.717, 1.165) is 12.0 Å². The minimum Gasteiger partial charge on any atom is -0.444 e. The summed E-state index contributed by atoms with van der Waals surface area (Å²) in [5.41, 5.74) is 0.591. The van der Waals surface area contributed by atoms with Gasteiger partial charge in [-0.1, -0.05) is 30.3 Å². The number of hydrogen-bond acceptors (Lipinski definition) is 3. The van der Waals surface area contributed by atoms with Gasteiger partial charge in [0, 0.05) is 7.05 Å². The SMILES string of the molecule is CC(=O)[C@@H](CCc1ccccc1)N(C)C(=O)OC(C)(C)C. The lowest BCUT2D eigenvalue weighted by atomic mass is 10.0. The zero-order valence-electron chi connectivity index (χ0n) is 13.6. The lowest BCUT2D eigenvalue weighted by Crippen LogP contribution is -2.44. The van der Waals surface area contributed by atoms with Crippen LogP contribution in [0.25, 0.3) is 0 Å². The zero-order chi connectivity index (χ0) is 16.0. The van der Waals surface area contributed by atoms with Crippen LogP contribution in [0, 0.1) is 0 Å². The van der Waals surface area contributed by atoms with Crippen molar-refractivity contribution in [1.29, 1.82) is 0 Å². The number of likely N-dealkylation sites (N-methyl/N-ethyl adjacent to an activating group) is 1. The quantitative estimate of drug-likeness (QED) is 0.835. The lowest BCUT2D eigenvalue weighted by Gasteiger charge is -2.29. The van der Waals surface area contributed by atoms with Crippen LogP contribution >= 0.6 is 0 Å². The van der Waals surface area contributed by atoms with Gasteiger partial charge >= 0.3 is 6.09 Å². The average molecular weight is 291 g/mol. The van der Waals surface area contributed by atoms with E-state index >= 15 is 0 Å². The summed E-state index contributed by atoms with van der Waals surface area (Å²) in [5.74, 6) is -0.0284. The van der Waals surface area contributed by atoms with Crippen molar-refractivity contribution < 1.29 is 14.3 Å². The molecule has 1 atom stereocenters. The molecular formula is C17H25NO3. The number of carbonyl (C=O) groups excluding carboxylic acids is 2. The van der Waals surface area contributed by atoms with Crippen molar-refractivity contribution in [2.24, 2.45) is 0 Å². The molecule has 0 aliphatic heterocycles. The third-order valence-corrected chi connectivity index (χ3v) is 3.17. The van der Waals surface area contributed by atoms with Gasteiger partial charge < -0.3 is 9.64 Å². The monoisotopic (exact) mass is 291 g/mol. The Morgan fingerprint density at radius 3 is 2.24 bits per heavy atom. The van der Waals surface area contributed by atoms with E-state index in [-0.39, 0.29) is 5.78 Å². The molecule has 0 unspecified atom stereocenters. The molecule has 116 valence electrons. The average Bonchev–Trinajstić information content (AvgIpc) is 2.37. The predicted octanol–water partition coefficient (Wildman–Crippen LogP) is 3.44. The second kappa shape index (κ2) is 7.25. The van der Waals surface area contributed by atoms with Crippen LogP contribution in [0.2, 0.25) is 0 Å². The highest BCUT2D eigenvalue weighted by atomic mass is 16.6. The normalized spacial score (nSPS) is 12.6. The van der Waals surface area contributed by atoms with E-state index in [1.807, 2.05) is 51.1 Å². The fraction of sp³-hybridized carbons (Fsp3) is 0.529. The largest absolute Gasteiger partial charge is 0.444 e. The Labute approximate surface area is 127 Å². The van der Waals surface area contributed by atoms with Gasteiger partial charge in [0.15, 0.2) is 5.78 Å². The van der Waals surface area contributed by atoms with Crippen LogP contribution in [0.5, 0.6) is 0 Å². The second-order valence-electron chi connectivity index (χ2n) is 6.24. The number of rotatable bonds is 5. The van der Waals surface area contributed by atoms with Crippen molar-refractivity contribution in [3.05, 3.63) is 35.9 Å². The number of aryl methyl sites for hydroxylation is 1. The van der Waals surface area contributed by atoms with Gasteiger partial charge in [0.25, 0.3) is 0 Å². The summed E-state index contributed by atoms with van der Waals surface area (Å²) in [6.07, 6.45) is 0.878. The number of benzene rings is 1. The van der Waals surface area contributed by atoms with E-state index < -0.39 is 17.7 Å². The third-order valence-electron chi connectivity index (χ3n) is 3.17. The van der Waals surface area contributed by atoms with Gasteiger partial charge in [-0.25, -0.2) is 4.79 Å². The van der Waals surface area contributed by atoms with Gasteiger partial charge in [-0.3, -0.25) is 4.79 Å². The van der Waals surface area contributed by atoms with Crippen LogP contribution in [-0.4, -0.2) is 35.5 Å². The van der Waals surface area contributed by atoms with Crippen LogP contribution in [-0.2, 0) is 16.0 Å². The number of ether oxygens (including phenoxy) is 1. The standard InChI is InChI=1S/C17H25NO3/c1-13(19)15(12-11-14-9-7-6-8-10-14)18(5)16(20)21-17(2,3)4/h6-10,15H,11-12H2,1-5H3/t15-/m1/s1. The van der Waals surface area contributed by atoms with Crippen molar-refractivity contribution in [1.82, 2.24) is 4.90 Å². The van der Waals surface area contributed by atoms with Crippen molar-refractivity contribution in [3.8, 4) is 0 Å². The van der Waals surface area contributed by atoms with E-state index in [9.17, 15) is 9.59 Å². The molecule has 4 nitrogen and oxygen atoms in total. The highest BCUT2D eigenvalue weighted by molar-refractivity contribution is 5.85. The molecule has 21 heavy (non-hydrogen) atoms. The summed E-state index contributed by atoms with van der Waals surface area (Å²) >= 11 is 0. The number of amides is 1. The summed E-state index contributed by atoms with van der Waals surface area (Å²) in [4.78, 5) is 25.3. The van der Waals surface area contributed by atoms with Crippen molar-refractivity contribution in [2.75, 3.05) is 7.05 Å². The first-order valence-corrected chi connectivity index (χ1v) is 7.21. The highest BCUT2D eigenvalue weighted by Gasteiger charge is 2.27. The Balaban J connectivity index is 2.68. The molecule has 1 rings (SSSR count). The molecule has 0 aliphatic rings. The van der Waals surface area contributed by atoms with Crippen LogP contribution in [0.3, 0.4) is 0 Å². The number of ketones is 1. The van der Waals surface area contributed by atoms with Gasteiger partial charge in [-0.15, -0.1) is 0 Å². The maximum absolute atomic E-state index is 12.1. The lowest BCUT2D eigenvalue weighted by molar-refractivity contribution is -0.121. The summed E-state index contributed by atoms with van der Waals surface area (Å²) in [5, 5.41) is 0. The number of hydrogen-bond donors (Lipinski definition) is 0. The molecule has 0 aliphatic carbocycles. The smallest absolute Gasteiger partial charge is 0.410 e. The molecule has 4 heteroatoms. The maximum Gasteiger partial charge on any atom is 0.410 e. The second-order valence-corrected chi connectivity index (χ2v) is 6.24. The predicted molar refractivity (Wildman–Crippen MR) is 83.2 cm³/mol. The molecule has 0 N–H and O–H groups in total. The van der Waals surface area contributed by atoms with Gasteiger partial charge in [0.05, 0.1) is 6.04 Å². The number of Topliss-reactive ketones (excluding diaryl/α,β-unsaturated/α-hetero) is 1. The van der Waals surface area contributed by atoms with E-state index in [1.165, 1.54) is 11.8 Å². The molecule has 0 saturated heterocycles. The first kappa shape index (κ1) is 17.2. The zero-order valence-corrected chi connectivity index (χ0v) is 13.6. The highest BCUT2D eigenvalue weighted by Crippen LogP contribution is 2.14. The number of nitrogens with zero attached hydrogens (tertiary/aromatic N) is 1. The summed E-state index contributed by atoms with van der Waals surface area (Å²) in [6.45, 7) is 6.94. The fourth-order valence-corrected chi connectivity index (χ4v) is 2.08. The fourth-order valence-electron chi connectivity index (χ4n) is 2.08. The molecule has 1 amide bonds. The van der Waals surface area contributed by atoms with Crippen molar-refractivity contribution in [2.45, 2.75) is 52.2 Å². The molecule has 0 aromatic heterocycles. The molecule has 1 aromatic carbocycles. The maximum atomic E-state index is 12.1. The Morgan fingerprint density at radius 2 is 1.76 bits per heavy atom. The molecule has 0 radical (unpaired) electrons. The Bertz CT molecular complexity index is 477. The molecular weight excluding hydrogens is 266 g/mol. The van der Waals surface area contributed by atoms with Crippen LogP contribution in [0.4, 0.5) is 4.79 Å². The van der Waals surface area contributed by atoms with Crippen molar-refractivity contribution in [3.63, 3.8) is 0 Å². The minimum atomic E-state index is -0.563. The summed E-state index contributed by atoms with van der Waals surface area (Å²) in [7, 11) is 1.62. The molecule has 0 heterocycles. The van der Waals surface area contributed by atoms with Gasteiger partial charge in [0.2, 0.25) is 0 Å². The van der Waals surface area contributed by atoms with E-state index in [1.54, 1.807) is 7.05 Å². The minimum absolute atomic E-state index is 0.0284. The van der Waals surface area contributed by atoms with Gasteiger partial charge in [-0.05, 0) is 46.1 Å². The van der Waals surface area contributed by atoms with Crippen LogP contribution in [0.15, 0.2) is 30.3 Å². The molecule has 0 saturated carbocycles. The Hall–Kier alpha value is -1.84. The van der Waals surface area contributed by atoms with Gasteiger partial charge in [-0.2, -0.15) is 0 Å². The molecule has 0 bridgehead atoms. The van der Waals surface area contributed by atoms with Crippen molar-refractivity contribution >= 4 is 11.9 Å². The summed E-state index contributed by atoms with van der Waals surface area (Å²) < 4.78 is 5.32. The first-order chi connectivity index (χ1) is 9.70. The van der Waals surface area contributed by atoms with Gasteiger partial charge in [0.1, 0.15) is 5.60 Å². The van der Waals surface area contributed by atoms with Crippen LogP contribution < -0.4 is 0 Å².